The first-order valence-corrected chi connectivity index (χ1v) is 7.20. The summed E-state index contributed by atoms with van der Waals surface area (Å²) in [6, 6.07) is 0. The number of aryl methyl sites for hydroxylation is 1. The van der Waals surface area contributed by atoms with Crippen molar-refractivity contribution < 1.29 is 0 Å². The average molecular weight is 360 g/mol. The first-order valence-electron chi connectivity index (χ1n) is 5.24. The fraction of sp³-hybridized carbons (Fsp3) is 0.364. The molecule has 0 amide bonds. The maximum absolute atomic E-state index is 5.92. The summed E-state index contributed by atoms with van der Waals surface area (Å²) in [5.74, 6) is 1.48. The number of hydrogen-bond donors (Lipinski definition) is 1. The highest BCUT2D eigenvalue weighted by Crippen LogP contribution is 2.27. The van der Waals surface area contributed by atoms with E-state index >= 15 is 0 Å². The summed E-state index contributed by atoms with van der Waals surface area (Å²) < 4.78 is 0.938. The monoisotopic (exact) mass is 360 g/mol. The van der Waals surface area contributed by atoms with Gasteiger partial charge in [-0.25, -0.2) is 15.0 Å². The molecule has 2 N–H and O–H groups in total. The van der Waals surface area contributed by atoms with Crippen molar-refractivity contribution in [3.63, 3.8) is 0 Å². The van der Waals surface area contributed by atoms with Gasteiger partial charge < -0.3 is 5.73 Å². The minimum Gasteiger partial charge on any atom is -0.383 e. The van der Waals surface area contributed by atoms with Crippen molar-refractivity contribution >= 4 is 39.7 Å². The SMILES string of the molecule is Cc1nc(-c2nc(N)c(I)c(C(C)C)n2)cs1. The highest BCUT2D eigenvalue weighted by Gasteiger charge is 2.15. The molecule has 0 bridgehead atoms. The summed E-state index contributed by atoms with van der Waals surface area (Å²) in [4.78, 5) is 13.3. The molecule has 0 saturated carbocycles. The van der Waals surface area contributed by atoms with Gasteiger partial charge in [0, 0.05) is 5.38 Å². The summed E-state index contributed by atoms with van der Waals surface area (Å²) in [7, 11) is 0. The standard InChI is InChI=1S/C11H13IN4S/c1-5(2)9-8(12)10(13)16-11(15-9)7-4-17-6(3)14-7/h4-5H,1-3H3,(H2,13,15,16). The Balaban J connectivity index is 2.56. The molecule has 2 rings (SSSR count). The minimum absolute atomic E-state index is 0.325. The summed E-state index contributed by atoms with van der Waals surface area (Å²) >= 11 is 3.78. The fourth-order valence-electron chi connectivity index (χ4n) is 1.45. The van der Waals surface area contributed by atoms with Gasteiger partial charge in [0.15, 0.2) is 5.82 Å². The smallest absolute Gasteiger partial charge is 0.181 e. The molecule has 0 aliphatic heterocycles. The van der Waals surface area contributed by atoms with Crippen molar-refractivity contribution in [3.8, 4) is 11.5 Å². The minimum atomic E-state index is 0.325. The van der Waals surface area contributed by atoms with Crippen LogP contribution in [0, 0.1) is 10.5 Å². The van der Waals surface area contributed by atoms with Crippen LogP contribution in [-0.2, 0) is 0 Å². The van der Waals surface area contributed by atoms with Gasteiger partial charge in [0.25, 0.3) is 0 Å². The van der Waals surface area contributed by atoms with Crippen molar-refractivity contribution in [1.29, 1.82) is 0 Å². The first-order chi connectivity index (χ1) is 7.99. The van der Waals surface area contributed by atoms with Gasteiger partial charge in [-0.15, -0.1) is 11.3 Å². The van der Waals surface area contributed by atoms with E-state index in [1.54, 1.807) is 11.3 Å². The molecule has 0 atom stereocenters. The Kier molecular flexibility index (Phi) is 3.62. The highest BCUT2D eigenvalue weighted by molar-refractivity contribution is 14.1. The third-order valence-electron chi connectivity index (χ3n) is 2.30. The van der Waals surface area contributed by atoms with Gasteiger partial charge in [0.05, 0.1) is 14.3 Å². The molecule has 90 valence electrons. The first kappa shape index (κ1) is 12.7. The molecule has 4 nitrogen and oxygen atoms in total. The van der Waals surface area contributed by atoms with Crippen LogP contribution >= 0.6 is 33.9 Å². The second-order valence-corrected chi connectivity index (χ2v) is 6.18. The van der Waals surface area contributed by atoms with E-state index in [-0.39, 0.29) is 0 Å². The van der Waals surface area contributed by atoms with Crippen molar-refractivity contribution in [3.05, 3.63) is 19.7 Å². The van der Waals surface area contributed by atoms with E-state index in [2.05, 4.69) is 51.4 Å². The Bertz CT molecular complexity index is 550. The Morgan fingerprint density at radius 3 is 2.53 bits per heavy atom. The van der Waals surface area contributed by atoms with E-state index in [9.17, 15) is 0 Å². The molecule has 0 fully saturated rings. The molecule has 2 aromatic rings. The predicted octanol–water partition coefficient (Wildman–Crippen LogP) is 3.22. The Morgan fingerprint density at radius 1 is 1.29 bits per heavy atom. The molecule has 17 heavy (non-hydrogen) atoms. The number of nitrogens with zero attached hydrogens (tertiary/aromatic N) is 3. The number of nitrogen functional groups attached to an aromatic ring is 1. The number of thiazole rings is 1. The molecular weight excluding hydrogens is 347 g/mol. The van der Waals surface area contributed by atoms with Crippen LogP contribution in [0.15, 0.2) is 5.38 Å². The van der Waals surface area contributed by atoms with Crippen LogP contribution in [0.4, 0.5) is 5.82 Å². The summed E-state index contributed by atoms with van der Waals surface area (Å²) in [6.45, 7) is 6.16. The quantitative estimate of drug-likeness (QED) is 0.836. The zero-order chi connectivity index (χ0) is 12.6. The lowest BCUT2D eigenvalue weighted by Crippen LogP contribution is -2.06. The molecule has 6 heteroatoms. The third kappa shape index (κ3) is 2.57. The summed E-state index contributed by atoms with van der Waals surface area (Å²) in [6.07, 6.45) is 0. The second-order valence-electron chi connectivity index (χ2n) is 4.04. The van der Waals surface area contributed by atoms with Gasteiger partial charge >= 0.3 is 0 Å². The highest BCUT2D eigenvalue weighted by atomic mass is 127. The van der Waals surface area contributed by atoms with E-state index in [1.165, 1.54) is 0 Å². The zero-order valence-corrected chi connectivity index (χ0v) is 12.8. The van der Waals surface area contributed by atoms with E-state index < -0.39 is 0 Å². The van der Waals surface area contributed by atoms with Crippen LogP contribution in [0.3, 0.4) is 0 Å². The number of hydrogen-bond acceptors (Lipinski definition) is 5. The predicted molar refractivity (Wildman–Crippen MR) is 79.1 cm³/mol. The van der Waals surface area contributed by atoms with Gasteiger partial charge in [-0.1, -0.05) is 13.8 Å². The Labute approximate surface area is 118 Å². The summed E-state index contributed by atoms with van der Waals surface area (Å²) in [5.41, 5.74) is 7.71. The maximum Gasteiger partial charge on any atom is 0.181 e. The molecule has 0 saturated heterocycles. The second kappa shape index (κ2) is 4.85. The van der Waals surface area contributed by atoms with Crippen LogP contribution in [-0.4, -0.2) is 15.0 Å². The van der Waals surface area contributed by atoms with Crippen molar-refractivity contribution in [2.75, 3.05) is 5.73 Å². The third-order valence-corrected chi connectivity index (χ3v) is 4.18. The van der Waals surface area contributed by atoms with Gasteiger partial charge in [-0.2, -0.15) is 0 Å². The number of halogens is 1. The largest absolute Gasteiger partial charge is 0.383 e. The average Bonchev–Trinajstić information content (AvgIpc) is 2.68. The lowest BCUT2D eigenvalue weighted by molar-refractivity contribution is 0.809. The molecule has 0 spiro atoms. The normalized spacial score (nSPS) is 11.1. The van der Waals surface area contributed by atoms with Crippen molar-refractivity contribution in [1.82, 2.24) is 15.0 Å². The zero-order valence-electron chi connectivity index (χ0n) is 9.86. The van der Waals surface area contributed by atoms with E-state index in [0.29, 0.717) is 17.6 Å². The van der Waals surface area contributed by atoms with E-state index in [4.69, 9.17) is 5.73 Å². The summed E-state index contributed by atoms with van der Waals surface area (Å²) in [5, 5.41) is 2.97. The van der Waals surface area contributed by atoms with Gasteiger partial charge in [0.2, 0.25) is 0 Å². The molecule has 0 aliphatic rings. The van der Waals surface area contributed by atoms with Crippen LogP contribution in [0.1, 0.15) is 30.5 Å². The van der Waals surface area contributed by atoms with Crippen LogP contribution < -0.4 is 5.73 Å². The van der Waals surface area contributed by atoms with Gasteiger partial charge in [0.1, 0.15) is 11.5 Å². The topological polar surface area (TPSA) is 64.7 Å². The number of aromatic nitrogens is 3. The van der Waals surface area contributed by atoms with Gasteiger partial charge in [-0.05, 0) is 35.4 Å². The molecule has 0 unspecified atom stereocenters. The van der Waals surface area contributed by atoms with Crippen molar-refractivity contribution in [2.45, 2.75) is 26.7 Å². The molecule has 0 radical (unpaired) electrons. The Morgan fingerprint density at radius 2 is 2.00 bits per heavy atom. The number of rotatable bonds is 2. The lowest BCUT2D eigenvalue weighted by Gasteiger charge is -2.10. The molecule has 0 aliphatic carbocycles. The van der Waals surface area contributed by atoms with Crippen LogP contribution in [0.2, 0.25) is 0 Å². The number of anilines is 1. The lowest BCUT2D eigenvalue weighted by atomic mass is 10.1. The van der Waals surface area contributed by atoms with E-state index in [0.717, 1.165) is 20.0 Å². The maximum atomic E-state index is 5.92. The van der Waals surface area contributed by atoms with Crippen molar-refractivity contribution in [2.24, 2.45) is 0 Å². The molecular formula is C11H13IN4S. The number of nitrogens with two attached hydrogens (primary N) is 1. The van der Waals surface area contributed by atoms with Gasteiger partial charge in [-0.3, -0.25) is 0 Å². The van der Waals surface area contributed by atoms with Crippen LogP contribution in [0.5, 0.6) is 0 Å². The van der Waals surface area contributed by atoms with Crippen LogP contribution in [0.25, 0.3) is 11.5 Å². The molecule has 2 aromatic heterocycles. The Hall–Kier alpha value is -0.760. The molecule has 2 heterocycles. The molecule has 0 aromatic carbocycles. The van der Waals surface area contributed by atoms with E-state index in [1.807, 2.05) is 12.3 Å². The fourth-order valence-corrected chi connectivity index (χ4v) is 2.90.